The number of carboxylic acids is 1. The van der Waals surface area contributed by atoms with Gasteiger partial charge in [0.25, 0.3) is 0 Å². The molecule has 0 fully saturated rings. The first-order valence-electron chi connectivity index (χ1n) is 5.23. The average Bonchev–Trinajstić information content (AvgIpc) is 2.99. The zero-order valence-corrected chi connectivity index (χ0v) is 11.4. The number of nitrogens with one attached hydrogen (secondary N) is 1. The van der Waals surface area contributed by atoms with Gasteiger partial charge in [0.05, 0.1) is 0 Å². The molecule has 0 radical (unpaired) electrons. The van der Waals surface area contributed by atoms with E-state index < -0.39 is 5.97 Å². The predicted octanol–water partition coefficient (Wildman–Crippen LogP) is 0.858. The zero-order valence-electron chi connectivity index (χ0n) is 9.65. The van der Waals surface area contributed by atoms with Crippen LogP contribution in [-0.4, -0.2) is 17.6 Å². The maximum Gasteiger partial charge on any atom is 2.00 e. The van der Waals surface area contributed by atoms with E-state index in [4.69, 9.17) is 5.11 Å². The number of rotatable bonds is 3. The third-order valence-electron chi connectivity index (χ3n) is 1.98. The Labute approximate surface area is 119 Å². The molecule has 0 saturated heterocycles. The number of carbonyl (C=O) groups is 1. The molecule has 0 unspecified atom stereocenters. The van der Waals surface area contributed by atoms with Crippen molar-refractivity contribution in [3.63, 3.8) is 0 Å². The molecular formula is C13H14NO3Ru+. The van der Waals surface area contributed by atoms with Gasteiger partial charge in [0, 0.05) is 0 Å². The predicted molar refractivity (Wildman–Crippen MR) is 63.8 cm³/mol. The Hall–Kier alpha value is -1.61. The van der Waals surface area contributed by atoms with Crippen LogP contribution >= 0.6 is 0 Å². The van der Waals surface area contributed by atoms with Crippen LogP contribution in [0.4, 0.5) is 0 Å². The van der Waals surface area contributed by atoms with Gasteiger partial charge in [0.1, 0.15) is 6.54 Å². The molecular weight excluding hydrogens is 321 g/mol. The van der Waals surface area contributed by atoms with Crippen molar-refractivity contribution < 1.29 is 34.5 Å². The van der Waals surface area contributed by atoms with Gasteiger partial charge in [-0.05, 0) is 17.9 Å². The molecule has 0 aromatic carbocycles. The van der Waals surface area contributed by atoms with Crippen molar-refractivity contribution in [2.75, 3.05) is 6.54 Å². The number of hydrogen-bond donors (Lipinski definition) is 2. The third-order valence-corrected chi connectivity index (χ3v) is 1.98. The Morgan fingerprint density at radius 3 is 2.17 bits per heavy atom. The summed E-state index contributed by atoms with van der Waals surface area (Å²) in [4.78, 5) is 10.1. The van der Waals surface area contributed by atoms with Crippen molar-refractivity contribution in [3.05, 3.63) is 60.1 Å². The maximum absolute atomic E-state index is 11.0. The van der Waals surface area contributed by atoms with Crippen LogP contribution in [0.25, 0.3) is 0 Å². The molecule has 0 spiro atoms. The van der Waals surface area contributed by atoms with E-state index in [1.165, 1.54) is 0 Å². The zero-order chi connectivity index (χ0) is 12.5. The van der Waals surface area contributed by atoms with E-state index in [0.717, 1.165) is 6.42 Å². The molecule has 2 aliphatic rings. The Morgan fingerprint density at radius 2 is 1.78 bits per heavy atom. The van der Waals surface area contributed by atoms with Gasteiger partial charge in [0.15, 0.2) is 0 Å². The van der Waals surface area contributed by atoms with Crippen molar-refractivity contribution in [1.82, 2.24) is 5.32 Å². The third kappa shape index (κ3) is 6.86. The molecule has 0 aromatic rings. The molecule has 0 aromatic heterocycles. The summed E-state index contributed by atoms with van der Waals surface area (Å²) >= 11 is 0. The van der Waals surface area contributed by atoms with Crippen LogP contribution in [0.5, 0.6) is 0 Å². The van der Waals surface area contributed by atoms with Gasteiger partial charge in [-0.15, -0.1) is 0 Å². The van der Waals surface area contributed by atoms with E-state index in [2.05, 4.69) is 29.6 Å². The molecule has 0 amide bonds. The Bertz CT molecular complexity index is 396. The summed E-state index contributed by atoms with van der Waals surface area (Å²) in [6.45, 7) is -0.343. The fraction of sp³-hybridized carbons (Fsp3) is 0.154. The van der Waals surface area contributed by atoms with Crippen molar-refractivity contribution >= 4 is 5.97 Å². The summed E-state index contributed by atoms with van der Waals surface area (Å²) in [5, 5.41) is 21.5. The molecule has 0 atom stereocenters. The summed E-state index contributed by atoms with van der Waals surface area (Å²) in [5.74, 6) is -1.41. The smallest absolute Gasteiger partial charge is 0.860 e. The topological polar surface area (TPSA) is 72.4 Å². The first kappa shape index (κ1) is 16.4. The molecule has 0 aliphatic heterocycles. The molecule has 0 bridgehead atoms. The van der Waals surface area contributed by atoms with Crippen LogP contribution in [0, 0.1) is 0 Å². The quantitative estimate of drug-likeness (QED) is 0.593. The first-order chi connectivity index (χ1) is 8.20. The van der Waals surface area contributed by atoms with Crippen LogP contribution in [-0.2, 0) is 24.3 Å². The summed E-state index contributed by atoms with van der Waals surface area (Å²) in [6, 6.07) is 0. The monoisotopic (exact) mass is 335 g/mol. The minimum absolute atomic E-state index is 0. The molecule has 18 heavy (non-hydrogen) atoms. The van der Waals surface area contributed by atoms with Crippen molar-refractivity contribution in [3.8, 4) is 0 Å². The van der Waals surface area contributed by atoms with Gasteiger partial charge in [0.2, 0.25) is 0 Å². The van der Waals surface area contributed by atoms with Crippen LogP contribution in [0.3, 0.4) is 0 Å². The van der Waals surface area contributed by atoms with E-state index in [-0.39, 0.29) is 31.9 Å². The molecule has 4 nitrogen and oxygen atoms in total. The summed E-state index contributed by atoms with van der Waals surface area (Å²) < 4.78 is 0. The standard InChI is InChI=1S/C8H9NO3.C5H6.Ru/c10-7(11)5-9-8(12)6-3-1-2-4-6;1-2-4-5-3-1;/h1-4,9,12H,5H2,(H,10,11);1-4H,5H2;/q;;+2/p-1/i;;1+2. The summed E-state index contributed by atoms with van der Waals surface area (Å²) in [6.07, 6.45) is 16.2. The molecule has 2 rings (SSSR count). The minimum atomic E-state index is -1.05. The Balaban J connectivity index is 0.000000405. The first-order valence-corrected chi connectivity index (χ1v) is 5.23. The second-order valence-electron chi connectivity index (χ2n) is 3.34. The largest absolute Gasteiger partial charge is 2.00 e. The van der Waals surface area contributed by atoms with Crippen molar-refractivity contribution in [2.45, 2.75) is 6.42 Å². The van der Waals surface area contributed by atoms with Crippen LogP contribution in [0.15, 0.2) is 60.1 Å². The van der Waals surface area contributed by atoms with Gasteiger partial charge in [-0.3, -0.25) is 4.79 Å². The molecule has 2 N–H and O–H groups in total. The number of allylic oxidation sites excluding steroid dienone is 9. The van der Waals surface area contributed by atoms with E-state index in [9.17, 15) is 9.90 Å². The van der Waals surface area contributed by atoms with Crippen LogP contribution in [0.1, 0.15) is 6.42 Å². The summed E-state index contributed by atoms with van der Waals surface area (Å²) in [7, 11) is 0. The SMILES string of the molecule is C1=CCC=C1.O=C(O)CNC([O-])=C1C=CC=C1.[103Ru+2]. The van der Waals surface area contributed by atoms with Gasteiger partial charge in [-0.25, -0.2) is 0 Å². The van der Waals surface area contributed by atoms with E-state index in [0.29, 0.717) is 5.57 Å². The Kier molecular flexibility index (Phi) is 8.58. The van der Waals surface area contributed by atoms with E-state index in [1.807, 2.05) is 0 Å². The van der Waals surface area contributed by atoms with Gasteiger partial charge in [-0.2, -0.15) is 0 Å². The minimum Gasteiger partial charge on any atom is -0.860 e. The maximum atomic E-state index is 11.0. The number of carboxylic acid groups (broad SMARTS) is 1. The fourth-order valence-electron chi connectivity index (χ4n) is 1.18. The van der Waals surface area contributed by atoms with Crippen molar-refractivity contribution in [2.24, 2.45) is 0 Å². The second kappa shape index (κ2) is 9.43. The number of aliphatic carboxylic acids is 1. The Morgan fingerprint density at radius 1 is 1.22 bits per heavy atom. The van der Waals surface area contributed by atoms with Crippen molar-refractivity contribution in [1.29, 1.82) is 0 Å². The second-order valence-corrected chi connectivity index (χ2v) is 3.34. The fourth-order valence-corrected chi connectivity index (χ4v) is 1.18. The van der Waals surface area contributed by atoms with Gasteiger partial charge < -0.3 is 15.5 Å². The van der Waals surface area contributed by atoms with E-state index >= 15 is 0 Å². The van der Waals surface area contributed by atoms with E-state index in [1.54, 1.807) is 24.3 Å². The molecule has 0 heterocycles. The van der Waals surface area contributed by atoms with Gasteiger partial charge in [-0.1, -0.05) is 48.6 Å². The molecule has 5 heteroatoms. The molecule has 2 aliphatic carbocycles. The normalized spacial score (nSPS) is 13.9. The molecule has 0 saturated carbocycles. The molecule has 96 valence electrons. The van der Waals surface area contributed by atoms with Crippen LogP contribution in [0.2, 0.25) is 0 Å². The number of hydrogen-bond acceptors (Lipinski definition) is 3. The average molecular weight is 335 g/mol. The summed E-state index contributed by atoms with van der Waals surface area (Å²) in [5.41, 5.74) is 0.483. The van der Waals surface area contributed by atoms with Gasteiger partial charge >= 0.3 is 25.4 Å². The van der Waals surface area contributed by atoms with Crippen LogP contribution < -0.4 is 10.4 Å².